The molecule has 5 rings (SSSR count). The van der Waals surface area contributed by atoms with Crippen molar-refractivity contribution in [1.82, 2.24) is 10.2 Å². The van der Waals surface area contributed by atoms with Gasteiger partial charge in [0.25, 0.3) is 0 Å². The van der Waals surface area contributed by atoms with Gasteiger partial charge in [-0.1, -0.05) is 31.4 Å². The Balaban J connectivity index is 1.23. The molecule has 2 aromatic carbocycles. The van der Waals surface area contributed by atoms with Crippen LogP contribution in [-0.2, 0) is 17.8 Å². The lowest BCUT2D eigenvalue weighted by Gasteiger charge is -2.36. The van der Waals surface area contributed by atoms with Gasteiger partial charge in [-0.2, -0.15) is 0 Å². The lowest BCUT2D eigenvalue weighted by molar-refractivity contribution is -0.123. The van der Waals surface area contributed by atoms with E-state index in [4.69, 9.17) is 5.73 Å². The molecular weight excluding hydrogens is 472 g/mol. The highest BCUT2D eigenvalue weighted by molar-refractivity contribution is 5.82. The van der Waals surface area contributed by atoms with Crippen molar-refractivity contribution in [3.05, 3.63) is 58.1 Å². The van der Waals surface area contributed by atoms with Crippen LogP contribution in [0.25, 0.3) is 0 Å². The number of likely N-dealkylation sites (tertiary alicyclic amines) is 1. The van der Waals surface area contributed by atoms with Crippen LogP contribution in [0.5, 0.6) is 5.75 Å². The zero-order valence-corrected chi connectivity index (χ0v) is 23.3. The molecule has 2 aliphatic heterocycles. The molecular formula is C32H46N4O2. The van der Waals surface area contributed by atoms with Gasteiger partial charge in [-0.25, -0.2) is 0 Å². The van der Waals surface area contributed by atoms with E-state index < -0.39 is 6.04 Å². The van der Waals surface area contributed by atoms with Gasteiger partial charge in [0.05, 0.1) is 12.1 Å². The number of carbonyl (C=O) groups excluding carboxylic acids is 1. The largest absolute Gasteiger partial charge is 0.508 e. The Morgan fingerprint density at radius 1 is 1.08 bits per heavy atom. The number of aromatic hydroxyl groups is 1. The highest BCUT2D eigenvalue weighted by Gasteiger charge is 2.34. The SMILES string of the molecule is Cc1cc(O)cc(C)c1CC(N)C(=O)NC1CCNc2ccc(CN3CCCC4(CCCCC4)CC3)cc21. The molecule has 1 saturated heterocycles. The van der Waals surface area contributed by atoms with Gasteiger partial charge in [0.15, 0.2) is 0 Å². The van der Waals surface area contributed by atoms with Gasteiger partial charge in [0.2, 0.25) is 5.91 Å². The first-order valence-corrected chi connectivity index (χ1v) is 14.8. The minimum absolute atomic E-state index is 0.0404. The summed E-state index contributed by atoms with van der Waals surface area (Å²) in [6.45, 7) is 8.09. The number of hydrogen-bond donors (Lipinski definition) is 4. The molecule has 2 unspecified atom stereocenters. The van der Waals surface area contributed by atoms with Gasteiger partial charge in [-0.15, -0.1) is 0 Å². The van der Waals surface area contributed by atoms with Crippen LogP contribution in [0.3, 0.4) is 0 Å². The number of benzene rings is 2. The maximum atomic E-state index is 13.2. The number of fused-ring (bicyclic) bond motifs is 1. The molecule has 38 heavy (non-hydrogen) atoms. The number of amides is 1. The fraction of sp³-hybridized carbons (Fsp3) is 0.594. The summed E-state index contributed by atoms with van der Waals surface area (Å²) >= 11 is 0. The van der Waals surface area contributed by atoms with Gasteiger partial charge in [0, 0.05) is 18.8 Å². The van der Waals surface area contributed by atoms with Gasteiger partial charge < -0.3 is 21.5 Å². The second-order valence-corrected chi connectivity index (χ2v) is 12.3. The number of hydrogen-bond acceptors (Lipinski definition) is 5. The first-order chi connectivity index (χ1) is 18.3. The molecule has 3 aliphatic rings. The standard InChI is InChI=1S/C32H46N4O2/c1-22-17-25(37)18-23(2)26(22)20-28(33)31(38)35-30-9-14-34-29-8-7-24(19-27(29)30)21-36-15-6-12-32(13-16-36)10-4-3-5-11-32/h7-8,17-19,28,30,34,37H,3-6,9-16,20-21,33H2,1-2H3,(H,35,38). The van der Waals surface area contributed by atoms with Crippen LogP contribution in [0.4, 0.5) is 5.69 Å². The number of nitrogens with zero attached hydrogens (tertiary/aromatic N) is 1. The topological polar surface area (TPSA) is 90.6 Å². The van der Waals surface area contributed by atoms with E-state index in [1.54, 1.807) is 12.1 Å². The van der Waals surface area contributed by atoms with Gasteiger partial charge >= 0.3 is 0 Å². The molecule has 1 amide bonds. The summed E-state index contributed by atoms with van der Waals surface area (Å²) < 4.78 is 0. The summed E-state index contributed by atoms with van der Waals surface area (Å²) in [5.74, 6) is 0.128. The number of carbonyl (C=O) groups is 1. The first kappa shape index (κ1) is 27.0. The summed E-state index contributed by atoms with van der Waals surface area (Å²) in [5, 5.41) is 16.6. The maximum absolute atomic E-state index is 13.2. The van der Waals surface area contributed by atoms with Crippen LogP contribution in [0.15, 0.2) is 30.3 Å². The van der Waals surface area contributed by atoms with Crippen molar-refractivity contribution >= 4 is 11.6 Å². The van der Waals surface area contributed by atoms with Crippen LogP contribution in [0.2, 0.25) is 0 Å². The van der Waals surface area contributed by atoms with Crippen LogP contribution < -0.4 is 16.4 Å². The van der Waals surface area contributed by atoms with E-state index in [1.807, 2.05) is 13.8 Å². The van der Waals surface area contributed by atoms with E-state index in [2.05, 4.69) is 33.7 Å². The monoisotopic (exact) mass is 518 g/mol. The van der Waals surface area contributed by atoms with Crippen molar-refractivity contribution in [2.75, 3.05) is 25.0 Å². The predicted octanol–water partition coefficient (Wildman–Crippen LogP) is 5.49. The molecule has 2 aromatic rings. The predicted molar refractivity (Wildman–Crippen MR) is 154 cm³/mol. The Labute approximate surface area is 228 Å². The Morgan fingerprint density at radius 3 is 2.58 bits per heavy atom. The third-order valence-corrected chi connectivity index (χ3v) is 9.46. The quantitative estimate of drug-likeness (QED) is 0.406. The third kappa shape index (κ3) is 6.18. The zero-order valence-electron chi connectivity index (χ0n) is 23.3. The Kier molecular flexibility index (Phi) is 8.29. The fourth-order valence-corrected chi connectivity index (χ4v) is 7.23. The molecule has 206 valence electrons. The number of phenols is 1. The zero-order chi connectivity index (χ0) is 26.7. The fourth-order valence-electron chi connectivity index (χ4n) is 7.23. The Bertz CT molecular complexity index is 1120. The summed E-state index contributed by atoms with van der Waals surface area (Å²) in [4.78, 5) is 15.8. The Morgan fingerprint density at radius 2 is 1.82 bits per heavy atom. The number of phenolic OH excluding ortho intramolecular Hbond substituents is 1. The minimum Gasteiger partial charge on any atom is -0.508 e. The average molecular weight is 519 g/mol. The molecule has 0 bridgehead atoms. The van der Waals surface area contributed by atoms with Crippen molar-refractivity contribution in [3.8, 4) is 5.75 Å². The van der Waals surface area contributed by atoms with Gasteiger partial charge in [-0.3, -0.25) is 9.69 Å². The summed E-state index contributed by atoms with van der Waals surface area (Å²) in [6.07, 6.45) is 12.5. The van der Waals surface area contributed by atoms with Crippen LogP contribution >= 0.6 is 0 Å². The lowest BCUT2D eigenvalue weighted by atomic mass is 9.69. The van der Waals surface area contributed by atoms with Gasteiger partial charge in [-0.05, 0) is 123 Å². The molecule has 0 aromatic heterocycles. The van der Waals surface area contributed by atoms with Crippen LogP contribution in [-0.4, -0.2) is 41.6 Å². The van der Waals surface area contributed by atoms with E-state index in [0.717, 1.165) is 41.9 Å². The molecule has 6 nitrogen and oxygen atoms in total. The number of nitrogens with one attached hydrogen (secondary N) is 2. The third-order valence-electron chi connectivity index (χ3n) is 9.46. The van der Waals surface area contributed by atoms with Crippen molar-refractivity contribution in [2.45, 2.75) is 96.7 Å². The average Bonchev–Trinajstić information content (AvgIpc) is 3.08. The number of anilines is 1. The van der Waals surface area contributed by atoms with Crippen LogP contribution in [0, 0.1) is 19.3 Å². The van der Waals surface area contributed by atoms with E-state index in [-0.39, 0.29) is 17.7 Å². The molecule has 0 radical (unpaired) electrons. The van der Waals surface area contributed by atoms with Crippen molar-refractivity contribution in [2.24, 2.45) is 11.1 Å². The number of aryl methyl sites for hydroxylation is 2. The molecule has 5 N–H and O–H groups in total. The molecule has 6 heteroatoms. The number of nitrogens with two attached hydrogens (primary N) is 1. The highest BCUT2D eigenvalue weighted by atomic mass is 16.3. The lowest BCUT2D eigenvalue weighted by Crippen LogP contribution is -2.44. The smallest absolute Gasteiger partial charge is 0.237 e. The van der Waals surface area contributed by atoms with E-state index in [9.17, 15) is 9.90 Å². The van der Waals surface area contributed by atoms with E-state index in [0.29, 0.717) is 11.8 Å². The van der Waals surface area contributed by atoms with Crippen molar-refractivity contribution in [3.63, 3.8) is 0 Å². The van der Waals surface area contributed by atoms with E-state index >= 15 is 0 Å². The first-order valence-electron chi connectivity index (χ1n) is 14.8. The van der Waals surface area contributed by atoms with Crippen molar-refractivity contribution < 1.29 is 9.90 Å². The molecule has 2 atom stereocenters. The molecule has 2 heterocycles. The number of rotatable bonds is 6. The van der Waals surface area contributed by atoms with Crippen LogP contribution in [0.1, 0.15) is 91.6 Å². The maximum Gasteiger partial charge on any atom is 0.237 e. The highest BCUT2D eigenvalue weighted by Crippen LogP contribution is 2.44. The molecule has 1 aliphatic carbocycles. The van der Waals surface area contributed by atoms with Gasteiger partial charge in [0.1, 0.15) is 5.75 Å². The summed E-state index contributed by atoms with van der Waals surface area (Å²) in [7, 11) is 0. The summed E-state index contributed by atoms with van der Waals surface area (Å²) in [5.41, 5.74) is 13.6. The summed E-state index contributed by atoms with van der Waals surface area (Å²) in [6, 6.07) is 9.52. The second kappa shape index (κ2) is 11.7. The second-order valence-electron chi connectivity index (χ2n) is 12.3. The normalized spacial score (nSPS) is 22.2. The molecule has 2 fully saturated rings. The Hall–Kier alpha value is -2.57. The van der Waals surface area contributed by atoms with E-state index in [1.165, 1.54) is 75.6 Å². The minimum atomic E-state index is -0.636. The molecule has 1 saturated carbocycles. The van der Waals surface area contributed by atoms with Crippen molar-refractivity contribution in [1.29, 1.82) is 0 Å². The molecule has 1 spiro atoms.